The van der Waals surface area contributed by atoms with Gasteiger partial charge in [-0.1, -0.05) is 0 Å². The number of benzene rings is 9. The van der Waals surface area contributed by atoms with Gasteiger partial charge in [0.1, 0.15) is 0 Å². The molecule has 0 aromatic heterocycles. The summed E-state index contributed by atoms with van der Waals surface area (Å²) in [6.45, 7) is 5.36. The summed E-state index contributed by atoms with van der Waals surface area (Å²) in [6, 6.07) is 0. The van der Waals surface area contributed by atoms with Crippen molar-refractivity contribution in [2.75, 3.05) is 54.4 Å². The lowest BCUT2D eigenvalue weighted by Gasteiger charge is -2.61. The zero-order valence-corrected chi connectivity index (χ0v) is 43.7. The number of allylic oxidation sites excluding steroid dienone is 5. The smallest absolute Gasteiger partial charge is 0.0931 e. The van der Waals surface area contributed by atoms with E-state index >= 15 is 0 Å². The first-order chi connectivity index (χ1) is 34.3. The Morgan fingerprint density at radius 3 is 1.71 bits per heavy atom. The number of rotatable bonds is 0. The molecule has 4 fully saturated rings. The maximum Gasteiger partial charge on any atom is 0.0931 e. The molecular formula is C68H32I2N2. The highest BCUT2D eigenvalue weighted by Crippen LogP contribution is 2.98. The molecule has 2 heterocycles. The minimum absolute atomic E-state index is 0. The van der Waals surface area contributed by atoms with Gasteiger partial charge in [0.25, 0.3) is 0 Å². The first-order valence-electron chi connectivity index (χ1n) is 28.4. The Bertz CT molecular complexity index is 5830. The first-order valence-corrected chi connectivity index (χ1v) is 28.4. The lowest BCUT2D eigenvalue weighted by molar-refractivity contribution is -0.881. The van der Waals surface area contributed by atoms with E-state index in [0.717, 1.165) is 5.92 Å². The molecular weight excluding hydrogens is 1100 g/mol. The topological polar surface area (TPSA) is 0 Å². The molecule has 2 saturated carbocycles. The van der Waals surface area contributed by atoms with E-state index in [9.17, 15) is 0 Å². The summed E-state index contributed by atoms with van der Waals surface area (Å²) in [4.78, 5) is 0. The number of halogens is 2. The molecule has 0 N–H and O–H groups in total. The predicted molar refractivity (Wildman–Crippen MR) is 271 cm³/mol. The van der Waals surface area contributed by atoms with Crippen molar-refractivity contribution in [1.82, 2.24) is 0 Å². The monoisotopic (exact) mass is 1130 g/mol. The maximum absolute atomic E-state index is 2.77. The van der Waals surface area contributed by atoms with Crippen molar-refractivity contribution in [2.45, 2.75) is 63.1 Å². The van der Waals surface area contributed by atoms with E-state index in [1.807, 2.05) is 192 Å². The molecule has 0 amide bonds. The van der Waals surface area contributed by atoms with E-state index < -0.39 is 0 Å². The van der Waals surface area contributed by atoms with Gasteiger partial charge in [0, 0.05) is 53.3 Å². The molecule has 22 aliphatic rings. The van der Waals surface area contributed by atoms with Crippen LogP contribution in [0, 0.1) is 29.6 Å². The quantitative estimate of drug-likeness (QED) is 0.1000. The average molecular weight is 1130 g/mol. The van der Waals surface area contributed by atoms with Gasteiger partial charge >= 0.3 is 0 Å². The van der Waals surface area contributed by atoms with Crippen LogP contribution in [0.3, 0.4) is 0 Å². The van der Waals surface area contributed by atoms with Crippen molar-refractivity contribution < 1.29 is 56.9 Å². The zero-order chi connectivity index (χ0) is 42.2. The van der Waals surface area contributed by atoms with Gasteiger partial charge in [-0.15, -0.1) is 0 Å². The fourth-order valence-electron chi connectivity index (χ4n) is 32.8. The van der Waals surface area contributed by atoms with Crippen LogP contribution in [0.2, 0.25) is 0 Å². The fraction of sp³-hybridized carbons (Fsp3) is 0.353. The van der Waals surface area contributed by atoms with Crippen LogP contribution in [-0.4, -0.2) is 63.3 Å². The molecule has 12 aromatic carbocycles. The van der Waals surface area contributed by atoms with Crippen molar-refractivity contribution in [3.05, 3.63) is 106 Å². The highest BCUT2D eigenvalue weighted by molar-refractivity contribution is 6.65. The zero-order valence-electron chi connectivity index (χ0n) is 39.4. The molecule has 12 aromatic rings. The Morgan fingerprint density at radius 2 is 0.875 bits per heavy atom. The van der Waals surface area contributed by atoms with Crippen molar-refractivity contribution in [3.8, 4) is 11.1 Å². The summed E-state index contributed by atoms with van der Waals surface area (Å²) in [5, 5.41) is 36.8. The van der Waals surface area contributed by atoms with E-state index in [0.29, 0.717) is 65.1 Å². The summed E-state index contributed by atoms with van der Waals surface area (Å²) in [7, 11) is 11.1. The SMILES string of the molecule is C[N+]1(C)CC23C4=C5c6c7c8c9c%10c%11c%12c%13c%14c%15c%16c%17c%18c%19c%20c%21c%22c%23c%24c(c6C6%25C[N+](C)(C)CC%236C%21C6C%21=C%20C%18C%18C%20=C%21C(C4c4c%20c(c-%13c(c42)C%12C9C73C1)C%18C%14%17)C6C5%25)c8c1c%10c(c%11%15)c2c%16c%19c%22c2c%241.[I-].[I-]. The molecule has 2 saturated heterocycles. The lowest BCUT2D eigenvalue weighted by atomic mass is 9.38. The third-order valence-corrected chi connectivity index (χ3v) is 30.8. The third kappa shape index (κ3) is 1.67. The van der Waals surface area contributed by atoms with Gasteiger partial charge in [-0.2, -0.15) is 0 Å². The molecule has 328 valence electrons. The number of nitrogens with zero attached hydrogens (tertiary/aromatic N) is 2. The highest BCUT2D eigenvalue weighted by atomic mass is 127. The molecule has 2 aliphatic heterocycles. The number of hydrogen-bond acceptors (Lipinski definition) is 0. The number of likely N-dealkylation sites (N-methyl/N-ethyl adjacent to an activating group) is 2. The summed E-state index contributed by atoms with van der Waals surface area (Å²) in [5.41, 5.74) is 48.4. The predicted octanol–water partition coefficient (Wildman–Crippen LogP) is 5.97. The van der Waals surface area contributed by atoms with Gasteiger partial charge in [-0.05, 0) is 259 Å². The van der Waals surface area contributed by atoms with Gasteiger partial charge in [0.15, 0.2) is 0 Å². The Kier molecular flexibility index (Phi) is 3.03. The Balaban J connectivity index is 0.00000163. The van der Waals surface area contributed by atoms with Crippen LogP contribution < -0.4 is 48.0 Å². The largest absolute Gasteiger partial charge is 1.00 e. The highest BCUT2D eigenvalue weighted by Gasteiger charge is 2.92. The molecule has 34 rings (SSSR count). The molecule has 4 spiro atoms. The second-order valence-corrected chi connectivity index (χ2v) is 31.4. The summed E-state index contributed by atoms with van der Waals surface area (Å²) >= 11 is 0. The Labute approximate surface area is 441 Å². The van der Waals surface area contributed by atoms with Crippen molar-refractivity contribution in [3.63, 3.8) is 0 Å². The van der Waals surface area contributed by atoms with E-state index in [2.05, 4.69) is 56.0 Å². The van der Waals surface area contributed by atoms with Crippen LogP contribution in [0.5, 0.6) is 0 Å². The lowest BCUT2D eigenvalue weighted by Crippen LogP contribution is -3.00. The van der Waals surface area contributed by atoms with Crippen LogP contribution in [-0.2, 0) is 21.7 Å². The van der Waals surface area contributed by atoms with Crippen molar-refractivity contribution >= 4 is 124 Å². The Hall–Kier alpha value is -4.34. The van der Waals surface area contributed by atoms with Gasteiger partial charge in [-0.3, -0.25) is 0 Å². The van der Waals surface area contributed by atoms with E-state index in [1.165, 1.54) is 35.1 Å². The van der Waals surface area contributed by atoms with Gasteiger partial charge in [0.05, 0.1) is 76.0 Å². The summed E-state index contributed by atoms with van der Waals surface area (Å²) < 4.78 is 2.38. The Morgan fingerprint density at radius 1 is 0.306 bits per heavy atom. The fourth-order valence-corrected chi connectivity index (χ4v) is 32.8. The van der Waals surface area contributed by atoms with Crippen LogP contribution in [0.15, 0.2) is 16.7 Å². The van der Waals surface area contributed by atoms with Crippen molar-refractivity contribution in [1.29, 1.82) is 0 Å². The molecule has 72 heavy (non-hydrogen) atoms. The molecule has 0 radical (unpaired) electrons. The number of hydrogen-bond donors (Lipinski definition) is 0. The van der Waals surface area contributed by atoms with Crippen LogP contribution in [0.4, 0.5) is 0 Å². The molecule has 4 heteroatoms. The van der Waals surface area contributed by atoms with Crippen LogP contribution >= 0.6 is 0 Å². The molecule has 16 atom stereocenters. The van der Waals surface area contributed by atoms with E-state index in [4.69, 9.17) is 0 Å². The van der Waals surface area contributed by atoms with Crippen LogP contribution in [0.25, 0.3) is 136 Å². The third-order valence-electron chi connectivity index (χ3n) is 30.8. The van der Waals surface area contributed by atoms with Gasteiger partial charge < -0.3 is 56.9 Å². The average Bonchev–Trinajstić information content (AvgIpc) is 4.31. The minimum atomic E-state index is 0. The maximum atomic E-state index is 2.77. The number of likely N-dealkylation sites (tertiary alicyclic amines) is 2. The van der Waals surface area contributed by atoms with Gasteiger partial charge in [-0.25, -0.2) is 0 Å². The summed E-state index contributed by atoms with van der Waals surface area (Å²) in [6.07, 6.45) is 0. The first kappa shape index (κ1) is 31.5. The number of quaternary nitrogens is 2. The van der Waals surface area contributed by atoms with Crippen LogP contribution in [0.1, 0.15) is 130 Å². The molecule has 20 aliphatic carbocycles. The van der Waals surface area contributed by atoms with E-state index in [1.54, 1.807) is 21.5 Å². The van der Waals surface area contributed by atoms with Crippen molar-refractivity contribution in [2.24, 2.45) is 29.6 Å². The normalized spacial score (nSPS) is 45.3. The second-order valence-electron chi connectivity index (χ2n) is 31.4. The molecule has 0 bridgehead atoms. The molecule has 16 unspecified atom stereocenters. The second kappa shape index (κ2) is 6.93. The molecule has 2 nitrogen and oxygen atoms in total. The standard InChI is InChI=1S/C68H32N2.2HI/c1-69(2)5-65-57-43-33-22-13-9-10-12-17-11(9)18-15-20(13)28(33)39-31-24(15)35-26(18)37-30(17)38-27-19(12)16-21-14(10)23(22)34-29(21)40-32-25(16)36(27)48-52-42(32)54(50(40)58(65)44(34)43)64-56-55-61-51(41(31)53(49(39)57)63(55)68(64,65)8-69)47(35)59-45(37)46(38)60(48)67(62(52)56)7-70(3,4)6-66(59,61)67;;/h11,15,18,20,41,46,49,51,53,57,60,63H,5-8H2,1-4H3;2*1H/q+2;;/p-2. The minimum Gasteiger partial charge on any atom is -1.00 e. The van der Waals surface area contributed by atoms with Gasteiger partial charge in [0.2, 0.25) is 0 Å². The van der Waals surface area contributed by atoms with E-state index in [-0.39, 0.29) is 69.6 Å². The summed E-state index contributed by atoms with van der Waals surface area (Å²) in [5.74, 6) is 7.39.